The maximum atomic E-state index is 11.7. The quantitative estimate of drug-likeness (QED) is 0.590. The Morgan fingerprint density at radius 2 is 1.94 bits per heavy atom. The molecule has 0 aliphatic heterocycles. The normalized spacial score (nSPS) is 10.9. The number of aromatic nitrogens is 2. The van der Waals surface area contributed by atoms with Crippen molar-refractivity contribution in [1.82, 2.24) is 9.13 Å². The van der Waals surface area contributed by atoms with E-state index in [1.165, 1.54) is 21.3 Å². The minimum atomic E-state index is -0.484. The SMILES string of the molecule is Cn1c(=O)n(C)c2c(Br)cc([N+](=O)[O-])cc21. The molecule has 1 aromatic heterocycles. The molecule has 0 spiro atoms. The van der Waals surface area contributed by atoms with Gasteiger partial charge in [-0.2, -0.15) is 0 Å². The van der Waals surface area contributed by atoms with E-state index in [1.54, 1.807) is 14.1 Å². The van der Waals surface area contributed by atoms with Crippen LogP contribution in [0, 0.1) is 10.1 Å². The topological polar surface area (TPSA) is 70.1 Å². The molecule has 1 aromatic carbocycles. The second kappa shape index (κ2) is 3.44. The van der Waals surface area contributed by atoms with Crippen LogP contribution in [0.1, 0.15) is 0 Å². The van der Waals surface area contributed by atoms with Crippen molar-refractivity contribution in [3.8, 4) is 0 Å². The van der Waals surface area contributed by atoms with Gasteiger partial charge < -0.3 is 0 Å². The molecule has 0 saturated carbocycles. The molecule has 2 aromatic rings. The smallest absolute Gasteiger partial charge is 0.295 e. The molecule has 0 N–H and O–H groups in total. The number of nitro groups is 1. The van der Waals surface area contributed by atoms with Crippen LogP contribution < -0.4 is 5.69 Å². The average molecular weight is 286 g/mol. The van der Waals surface area contributed by atoms with Crippen LogP contribution in [0.25, 0.3) is 11.0 Å². The number of nitro benzene ring substituents is 1. The van der Waals surface area contributed by atoms with Gasteiger partial charge in [-0.25, -0.2) is 4.79 Å². The van der Waals surface area contributed by atoms with E-state index in [2.05, 4.69) is 15.9 Å². The van der Waals surface area contributed by atoms with Crippen molar-refractivity contribution in [3.05, 3.63) is 37.2 Å². The highest BCUT2D eigenvalue weighted by Gasteiger charge is 2.16. The van der Waals surface area contributed by atoms with Gasteiger partial charge in [0.25, 0.3) is 5.69 Å². The first-order valence-electron chi connectivity index (χ1n) is 4.43. The highest BCUT2D eigenvalue weighted by Crippen LogP contribution is 2.28. The Hall–Kier alpha value is -1.63. The number of hydrogen-bond acceptors (Lipinski definition) is 3. The van der Waals surface area contributed by atoms with E-state index < -0.39 is 4.92 Å². The summed E-state index contributed by atoms with van der Waals surface area (Å²) in [7, 11) is 3.21. The highest BCUT2D eigenvalue weighted by molar-refractivity contribution is 9.10. The molecular formula is C9H8BrN3O3. The van der Waals surface area contributed by atoms with Gasteiger partial charge in [0.2, 0.25) is 0 Å². The summed E-state index contributed by atoms with van der Waals surface area (Å²) in [6.45, 7) is 0. The first-order valence-corrected chi connectivity index (χ1v) is 5.22. The maximum Gasteiger partial charge on any atom is 0.328 e. The fraction of sp³-hybridized carbons (Fsp3) is 0.222. The van der Waals surface area contributed by atoms with Gasteiger partial charge in [0.15, 0.2) is 0 Å². The maximum absolute atomic E-state index is 11.7. The van der Waals surface area contributed by atoms with E-state index in [-0.39, 0.29) is 11.4 Å². The van der Waals surface area contributed by atoms with Gasteiger partial charge in [0.1, 0.15) is 0 Å². The number of benzene rings is 1. The summed E-state index contributed by atoms with van der Waals surface area (Å²) in [6, 6.07) is 2.78. The number of rotatable bonds is 1. The lowest BCUT2D eigenvalue weighted by atomic mass is 10.3. The van der Waals surface area contributed by atoms with Gasteiger partial charge in [-0.3, -0.25) is 19.2 Å². The lowest BCUT2D eigenvalue weighted by Gasteiger charge is -1.98. The van der Waals surface area contributed by atoms with Crippen LogP contribution in [-0.2, 0) is 14.1 Å². The van der Waals surface area contributed by atoms with Crippen LogP contribution in [0.5, 0.6) is 0 Å². The molecule has 0 aliphatic carbocycles. The third kappa shape index (κ3) is 1.35. The molecule has 0 amide bonds. The van der Waals surface area contributed by atoms with Crippen molar-refractivity contribution in [2.45, 2.75) is 0 Å². The largest absolute Gasteiger partial charge is 0.328 e. The predicted molar refractivity (Wildman–Crippen MR) is 62.5 cm³/mol. The Morgan fingerprint density at radius 1 is 1.31 bits per heavy atom. The van der Waals surface area contributed by atoms with Gasteiger partial charge in [0, 0.05) is 26.2 Å². The number of halogens is 1. The molecule has 0 radical (unpaired) electrons. The van der Waals surface area contributed by atoms with E-state index in [4.69, 9.17) is 0 Å². The summed E-state index contributed by atoms with van der Waals surface area (Å²) in [4.78, 5) is 21.9. The Morgan fingerprint density at radius 3 is 2.50 bits per heavy atom. The second-order valence-electron chi connectivity index (χ2n) is 3.45. The molecule has 0 bridgehead atoms. The first kappa shape index (κ1) is 10.9. The molecule has 0 fully saturated rings. The molecule has 84 valence electrons. The van der Waals surface area contributed by atoms with E-state index in [1.807, 2.05) is 0 Å². The monoisotopic (exact) mass is 285 g/mol. The van der Waals surface area contributed by atoms with E-state index in [0.717, 1.165) is 0 Å². The van der Waals surface area contributed by atoms with Crippen LogP contribution in [0.4, 0.5) is 5.69 Å². The Kier molecular flexibility index (Phi) is 2.34. The predicted octanol–water partition coefficient (Wildman–Crippen LogP) is 1.55. The molecule has 1 heterocycles. The third-order valence-electron chi connectivity index (χ3n) is 2.51. The first-order chi connectivity index (χ1) is 7.43. The summed E-state index contributed by atoms with van der Waals surface area (Å²) in [5, 5.41) is 10.7. The lowest BCUT2D eigenvalue weighted by molar-refractivity contribution is -0.384. The Labute approximate surface area is 98.4 Å². The molecule has 6 nitrogen and oxygen atoms in total. The van der Waals surface area contributed by atoms with Gasteiger partial charge in [-0.15, -0.1) is 0 Å². The fourth-order valence-corrected chi connectivity index (χ4v) is 2.39. The lowest BCUT2D eigenvalue weighted by Crippen LogP contribution is -2.19. The van der Waals surface area contributed by atoms with E-state index in [0.29, 0.717) is 15.5 Å². The van der Waals surface area contributed by atoms with Crippen molar-refractivity contribution < 1.29 is 4.92 Å². The summed E-state index contributed by atoms with van der Waals surface area (Å²) >= 11 is 3.24. The number of nitrogens with zero attached hydrogens (tertiary/aromatic N) is 3. The van der Waals surface area contributed by atoms with Crippen molar-refractivity contribution in [3.63, 3.8) is 0 Å². The molecule has 7 heteroatoms. The van der Waals surface area contributed by atoms with Gasteiger partial charge in [0.05, 0.1) is 20.4 Å². The van der Waals surface area contributed by atoms with Gasteiger partial charge in [-0.1, -0.05) is 0 Å². The third-order valence-corrected chi connectivity index (χ3v) is 3.11. The molecule has 0 atom stereocenters. The van der Waals surface area contributed by atoms with Gasteiger partial charge >= 0.3 is 5.69 Å². The van der Waals surface area contributed by atoms with Crippen LogP contribution in [0.15, 0.2) is 21.4 Å². The van der Waals surface area contributed by atoms with Crippen LogP contribution in [0.3, 0.4) is 0 Å². The van der Waals surface area contributed by atoms with Crippen LogP contribution in [0.2, 0.25) is 0 Å². The van der Waals surface area contributed by atoms with Gasteiger partial charge in [-0.05, 0) is 15.9 Å². The van der Waals surface area contributed by atoms with E-state index >= 15 is 0 Å². The minimum absolute atomic E-state index is 0.0411. The average Bonchev–Trinajstić information content (AvgIpc) is 2.44. The second-order valence-corrected chi connectivity index (χ2v) is 4.31. The number of hydrogen-bond donors (Lipinski definition) is 0. The standard InChI is InChI=1S/C9H8BrN3O3/c1-11-7-4-5(13(15)16)3-6(10)8(7)12(2)9(11)14/h3-4H,1-2H3. The Balaban J connectivity index is 2.99. The summed E-state index contributed by atoms with van der Waals surface area (Å²) in [6.07, 6.45) is 0. The van der Waals surface area contributed by atoms with Crippen molar-refractivity contribution >= 4 is 32.7 Å². The molecule has 0 saturated heterocycles. The number of non-ortho nitro benzene ring substituents is 1. The van der Waals surface area contributed by atoms with E-state index in [9.17, 15) is 14.9 Å². The molecule has 16 heavy (non-hydrogen) atoms. The number of imidazole rings is 1. The Bertz CT molecular complexity index is 656. The molecular weight excluding hydrogens is 278 g/mol. The van der Waals surface area contributed by atoms with Crippen molar-refractivity contribution in [2.24, 2.45) is 14.1 Å². The molecule has 0 aliphatic rings. The number of fused-ring (bicyclic) bond motifs is 1. The van der Waals surface area contributed by atoms with Crippen LogP contribution >= 0.6 is 15.9 Å². The summed E-state index contributed by atoms with van der Waals surface area (Å²) in [5.41, 5.74) is 0.934. The number of aryl methyl sites for hydroxylation is 2. The minimum Gasteiger partial charge on any atom is -0.295 e. The van der Waals surface area contributed by atoms with Crippen molar-refractivity contribution in [1.29, 1.82) is 0 Å². The summed E-state index contributed by atoms with van der Waals surface area (Å²) < 4.78 is 3.37. The molecule has 2 rings (SSSR count). The zero-order valence-electron chi connectivity index (χ0n) is 8.60. The fourth-order valence-electron chi connectivity index (χ4n) is 1.69. The zero-order chi connectivity index (χ0) is 12.0. The van der Waals surface area contributed by atoms with Crippen LogP contribution in [-0.4, -0.2) is 14.1 Å². The molecule has 0 unspecified atom stereocenters. The summed E-state index contributed by atoms with van der Waals surface area (Å²) in [5.74, 6) is 0. The zero-order valence-corrected chi connectivity index (χ0v) is 10.2. The van der Waals surface area contributed by atoms with Crippen molar-refractivity contribution in [2.75, 3.05) is 0 Å². The highest BCUT2D eigenvalue weighted by atomic mass is 79.9.